The first kappa shape index (κ1) is 30.4. The molecule has 1 unspecified atom stereocenters. The number of piperidine rings is 1. The molecular formula is C28H45N3O4. The van der Waals surface area contributed by atoms with Crippen molar-refractivity contribution in [2.24, 2.45) is 11.3 Å². The Morgan fingerprint density at radius 3 is 1.97 bits per heavy atom. The summed E-state index contributed by atoms with van der Waals surface area (Å²) in [6, 6.07) is 10.7. The molecule has 3 atom stereocenters. The van der Waals surface area contributed by atoms with E-state index in [4.69, 9.17) is 0 Å². The van der Waals surface area contributed by atoms with Gasteiger partial charge in [-0.15, -0.1) is 0 Å². The number of likely N-dealkylation sites (tertiary alicyclic amines) is 1. The number of rotatable bonds is 7. The Balaban J connectivity index is 0.000000882. The van der Waals surface area contributed by atoms with E-state index in [1.807, 2.05) is 83.0 Å². The Bertz CT molecular complexity index is 819. The summed E-state index contributed by atoms with van der Waals surface area (Å²) < 4.78 is 0. The third-order valence-electron chi connectivity index (χ3n) is 6.38. The molecule has 1 aliphatic rings. The van der Waals surface area contributed by atoms with E-state index in [1.54, 1.807) is 18.0 Å². The molecule has 0 bridgehead atoms. The number of nitrogens with zero attached hydrogens (tertiary/aromatic N) is 2. The molecule has 2 N–H and O–H groups in total. The van der Waals surface area contributed by atoms with Crippen LogP contribution in [0.5, 0.6) is 0 Å². The van der Waals surface area contributed by atoms with Crippen molar-refractivity contribution in [1.82, 2.24) is 15.1 Å². The van der Waals surface area contributed by atoms with Crippen LogP contribution in [0.1, 0.15) is 60.8 Å². The van der Waals surface area contributed by atoms with Crippen LogP contribution in [-0.2, 0) is 14.4 Å². The van der Waals surface area contributed by atoms with Gasteiger partial charge >= 0.3 is 5.97 Å². The molecule has 0 saturated carbocycles. The van der Waals surface area contributed by atoms with Gasteiger partial charge in [0.05, 0.1) is 12.1 Å². The number of likely N-dealkylation sites (N-methyl/N-ethyl adjacent to an activating group) is 2. The molecule has 0 spiro atoms. The molecule has 1 saturated heterocycles. The molecule has 1 fully saturated rings. The SMILES string of the molecule is C/C(=C\C(C(C)C)N(C)C(=O)[C@@H](NC(=O)[C@@H]1CCCCN1C)C(C)(C)C)C(=O)O.c1ccccc1. The van der Waals surface area contributed by atoms with Gasteiger partial charge in [-0.1, -0.05) is 83.5 Å². The van der Waals surface area contributed by atoms with Crippen LogP contribution in [0.2, 0.25) is 0 Å². The molecule has 1 aromatic rings. The second-order valence-corrected chi connectivity index (χ2v) is 10.8. The first-order valence-electron chi connectivity index (χ1n) is 12.5. The van der Waals surface area contributed by atoms with E-state index in [0.29, 0.717) is 0 Å². The largest absolute Gasteiger partial charge is 0.478 e. The monoisotopic (exact) mass is 487 g/mol. The molecule has 0 aliphatic carbocycles. The zero-order valence-corrected chi connectivity index (χ0v) is 22.7. The summed E-state index contributed by atoms with van der Waals surface area (Å²) in [4.78, 5) is 41.2. The van der Waals surface area contributed by atoms with E-state index in [0.717, 1.165) is 25.8 Å². The minimum atomic E-state index is -1.00. The molecule has 2 rings (SSSR count). The van der Waals surface area contributed by atoms with Gasteiger partial charge in [-0.25, -0.2) is 4.79 Å². The van der Waals surface area contributed by atoms with Gasteiger partial charge < -0.3 is 15.3 Å². The number of carbonyl (C=O) groups is 3. The van der Waals surface area contributed by atoms with Crippen molar-refractivity contribution in [3.63, 3.8) is 0 Å². The summed E-state index contributed by atoms with van der Waals surface area (Å²) in [5.74, 6) is -1.30. The lowest BCUT2D eigenvalue weighted by Gasteiger charge is -2.39. The summed E-state index contributed by atoms with van der Waals surface area (Å²) in [5.41, 5.74) is -0.287. The number of carboxylic acids is 1. The molecular weight excluding hydrogens is 442 g/mol. The Kier molecular flexibility index (Phi) is 12.2. The zero-order valence-electron chi connectivity index (χ0n) is 22.7. The highest BCUT2D eigenvalue weighted by Crippen LogP contribution is 2.25. The van der Waals surface area contributed by atoms with E-state index in [2.05, 4.69) is 5.32 Å². The van der Waals surface area contributed by atoms with Crippen LogP contribution in [0.4, 0.5) is 0 Å². The first-order chi connectivity index (χ1) is 16.3. The van der Waals surface area contributed by atoms with Gasteiger partial charge in [0.1, 0.15) is 6.04 Å². The molecule has 1 aromatic carbocycles. The smallest absolute Gasteiger partial charge is 0.331 e. The summed E-state index contributed by atoms with van der Waals surface area (Å²) in [6.45, 7) is 12.1. The van der Waals surface area contributed by atoms with Gasteiger partial charge in [-0.2, -0.15) is 0 Å². The number of aliphatic carboxylic acids is 1. The molecule has 7 nitrogen and oxygen atoms in total. The van der Waals surface area contributed by atoms with Crippen LogP contribution in [0.3, 0.4) is 0 Å². The van der Waals surface area contributed by atoms with Gasteiger partial charge in [0, 0.05) is 12.6 Å². The van der Waals surface area contributed by atoms with Gasteiger partial charge in [0.15, 0.2) is 0 Å². The zero-order chi connectivity index (χ0) is 26.8. The van der Waals surface area contributed by atoms with Crippen LogP contribution < -0.4 is 5.32 Å². The number of benzene rings is 1. The van der Waals surface area contributed by atoms with E-state index in [1.165, 1.54) is 6.92 Å². The van der Waals surface area contributed by atoms with Crippen LogP contribution >= 0.6 is 0 Å². The molecule has 0 radical (unpaired) electrons. The van der Waals surface area contributed by atoms with Gasteiger partial charge in [0.25, 0.3) is 0 Å². The van der Waals surface area contributed by atoms with Crippen molar-refractivity contribution < 1.29 is 19.5 Å². The second-order valence-electron chi connectivity index (χ2n) is 10.8. The Morgan fingerprint density at radius 1 is 1.06 bits per heavy atom. The van der Waals surface area contributed by atoms with Crippen LogP contribution in [0.25, 0.3) is 0 Å². The van der Waals surface area contributed by atoms with Crippen molar-refractivity contribution in [3.05, 3.63) is 48.0 Å². The number of carboxylic acid groups (broad SMARTS) is 1. The maximum absolute atomic E-state index is 13.4. The number of carbonyl (C=O) groups excluding carboxylic acids is 2. The summed E-state index contributed by atoms with van der Waals surface area (Å²) in [7, 11) is 3.62. The molecule has 2 amide bonds. The van der Waals surface area contributed by atoms with Crippen molar-refractivity contribution in [2.45, 2.75) is 78.9 Å². The average molecular weight is 488 g/mol. The Hall–Kier alpha value is -2.67. The van der Waals surface area contributed by atoms with Gasteiger partial charge in [-0.3, -0.25) is 14.5 Å². The Labute approximate surface area is 211 Å². The fourth-order valence-corrected chi connectivity index (χ4v) is 4.11. The Morgan fingerprint density at radius 2 is 1.57 bits per heavy atom. The number of amides is 2. The van der Waals surface area contributed by atoms with Crippen molar-refractivity contribution in [2.75, 3.05) is 20.6 Å². The lowest BCUT2D eigenvalue weighted by atomic mass is 9.84. The maximum Gasteiger partial charge on any atom is 0.331 e. The third kappa shape index (κ3) is 9.84. The van der Waals surface area contributed by atoms with Crippen molar-refractivity contribution in [1.29, 1.82) is 0 Å². The summed E-state index contributed by atoms with van der Waals surface area (Å²) in [6.07, 6.45) is 4.49. The molecule has 35 heavy (non-hydrogen) atoms. The quantitative estimate of drug-likeness (QED) is 0.563. The highest BCUT2D eigenvalue weighted by Gasteiger charge is 2.39. The highest BCUT2D eigenvalue weighted by molar-refractivity contribution is 5.91. The molecule has 196 valence electrons. The second kappa shape index (κ2) is 14.0. The minimum Gasteiger partial charge on any atom is -0.478 e. The highest BCUT2D eigenvalue weighted by atomic mass is 16.4. The van der Waals surface area contributed by atoms with Crippen molar-refractivity contribution in [3.8, 4) is 0 Å². The standard InChI is InChI=1S/C22H39N3O4.C6H6/c1-14(2)17(13-15(3)21(28)29)25(8)20(27)18(22(4,5)6)23-19(26)16-11-9-10-12-24(16)7;1-2-4-6-5-3-1/h13-14,16-18H,9-12H2,1-8H3,(H,23,26)(H,28,29);1-6H/b15-13+;/t16-,17?,18+;/m0./s1. The number of hydrogen-bond donors (Lipinski definition) is 2. The van der Waals surface area contributed by atoms with E-state index < -0.39 is 17.4 Å². The minimum absolute atomic E-state index is 0.0269. The third-order valence-corrected chi connectivity index (χ3v) is 6.38. The van der Waals surface area contributed by atoms with E-state index in [-0.39, 0.29) is 35.4 Å². The van der Waals surface area contributed by atoms with Crippen LogP contribution in [0, 0.1) is 11.3 Å². The fourth-order valence-electron chi connectivity index (χ4n) is 4.11. The predicted octanol–water partition coefficient (Wildman–Crippen LogP) is 4.20. The summed E-state index contributed by atoms with van der Waals surface area (Å²) in [5, 5.41) is 12.2. The summed E-state index contributed by atoms with van der Waals surface area (Å²) >= 11 is 0. The average Bonchev–Trinajstić information content (AvgIpc) is 2.80. The molecule has 0 aromatic heterocycles. The first-order valence-corrected chi connectivity index (χ1v) is 12.5. The van der Waals surface area contributed by atoms with Crippen LogP contribution in [-0.4, -0.2) is 71.5 Å². The van der Waals surface area contributed by atoms with Gasteiger partial charge in [-0.05, 0) is 44.7 Å². The van der Waals surface area contributed by atoms with Crippen LogP contribution in [0.15, 0.2) is 48.0 Å². The lowest BCUT2D eigenvalue weighted by Crippen LogP contribution is -2.59. The molecule has 7 heteroatoms. The maximum atomic E-state index is 13.4. The molecule has 1 aliphatic heterocycles. The van der Waals surface area contributed by atoms with Gasteiger partial charge in [0.2, 0.25) is 11.8 Å². The number of nitrogens with one attached hydrogen (secondary N) is 1. The van der Waals surface area contributed by atoms with E-state index in [9.17, 15) is 19.5 Å². The predicted molar refractivity (Wildman–Crippen MR) is 141 cm³/mol. The van der Waals surface area contributed by atoms with E-state index >= 15 is 0 Å². The fraction of sp³-hybridized carbons (Fsp3) is 0.607. The topological polar surface area (TPSA) is 90.0 Å². The number of hydrogen-bond acceptors (Lipinski definition) is 4. The van der Waals surface area contributed by atoms with Crippen molar-refractivity contribution >= 4 is 17.8 Å². The normalized spacial score (nSPS) is 18.7. The molecule has 1 heterocycles. The lowest BCUT2D eigenvalue weighted by molar-refractivity contribution is -0.141.